The topological polar surface area (TPSA) is 80.9 Å². The number of hydrogen-bond donors (Lipinski definition) is 4. The van der Waals surface area contributed by atoms with Crippen LogP contribution in [0.5, 0.6) is 0 Å². The van der Waals surface area contributed by atoms with Gasteiger partial charge in [0.1, 0.15) is 0 Å². The first kappa shape index (κ1) is 14.7. The van der Waals surface area contributed by atoms with Gasteiger partial charge in [-0.1, -0.05) is 48.5 Å². The molecule has 2 rings (SSSR count). The average molecular weight is 218 g/mol. The van der Waals surface area contributed by atoms with Gasteiger partial charge in [-0.05, 0) is 10.8 Å². The number of rotatable bonds is 0. The van der Waals surface area contributed by atoms with Crippen LogP contribution in [0, 0.1) is 0 Å². The molecule has 0 aromatic heterocycles. The lowest BCUT2D eigenvalue weighted by Crippen LogP contribution is -1.75. The predicted octanol–water partition coefficient (Wildman–Crippen LogP) is -0.150. The van der Waals surface area contributed by atoms with Crippen LogP contribution in [0.15, 0.2) is 48.5 Å². The molecule has 0 aliphatic rings. The number of fused-ring (bicyclic) bond motifs is 1. The first-order valence-corrected chi connectivity index (χ1v) is 4.44. The largest absolute Gasteiger partial charge is 0.482 e. The first-order valence-electron chi connectivity index (χ1n) is 4.44. The summed E-state index contributed by atoms with van der Waals surface area (Å²) in [5.41, 5.74) is 0. The predicted molar refractivity (Wildman–Crippen MR) is 64.3 cm³/mol. The first-order chi connectivity index (χ1) is 7.79. The third kappa shape index (κ3) is 6.21. The van der Waals surface area contributed by atoms with Crippen molar-refractivity contribution in [1.29, 1.82) is 0 Å². The van der Waals surface area contributed by atoms with Crippen LogP contribution in [0.2, 0.25) is 0 Å². The van der Waals surface area contributed by atoms with E-state index in [9.17, 15) is 0 Å². The van der Waals surface area contributed by atoms with E-state index in [-0.39, 0.29) is 15.4 Å². The highest BCUT2D eigenvalue weighted by Crippen LogP contribution is 2.11. The lowest BCUT2D eigenvalue weighted by Gasteiger charge is -1.92. The van der Waals surface area contributed by atoms with Crippen LogP contribution in [0.4, 0.5) is 0 Å². The molecule has 0 bridgehead atoms. The fourth-order valence-corrected chi connectivity index (χ4v) is 1.13. The van der Waals surface area contributed by atoms with Gasteiger partial charge in [0.05, 0.1) is 0 Å². The third-order valence-corrected chi connectivity index (χ3v) is 1.66. The smallest absolute Gasteiger partial charge is 0.429 e. The van der Waals surface area contributed by atoms with Gasteiger partial charge in [0, 0.05) is 0 Å². The van der Waals surface area contributed by atoms with Crippen molar-refractivity contribution in [2.24, 2.45) is 0 Å². The summed E-state index contributed by atoms with van der Waals surface area (Å²) in [7, 11) is 0. The Labute approximate surface area is 95.4 Å². The zero-order valence-electron chi connectivity index (χ0n) is 8.56. The summed E-state index contributed by atoms with van der Waals surface area (Å²) in [6, 6.07) is 16.7. The second-order valence-corrected chi connectivity index (χ2v) is 2.58. The lowest BCUT2D eigenvalue weighted by atomic mass is 10.1. The Morgan fingerprint density at radius 1 is 0.562 bits per heavy atom. The molecule has 4 N–H and O–H groups in total. The van der Waals surface area contributed by atoms with Crippen LogP contribution < -0.4 is 0 Å². The molecule has 0 atom stereocenters. The van der Waals surface area contributed by atoms with E-state index in [0.29, 0.717) is 0 Å². The second kappa shape index (κ2) is 10.2. The molecule has 0 spiro atoms. The zero-order valence-corrected chi connectivity index (χ0v) is 8.56. The summed E-state index contributed by atoms with van der Waals surface area (Å²) < 4.78 is 0. The van der Waals surface area contributed by atoms with E-state index in [1.165, 1.54) is 10.8 Å². The summed E-state index contributed by atoms with van der Waals surface area (Å²) in [6.07, 6.45) is 0. The highest BCUT2D eigenvalue weighted by atomic mass is 16.4. The van der Waals surface area contributed by atoms with Gasteiger partial charge >= 0.3 is 15.4 Å². The summed E-state index contributed by atoms with van der Waals surface area (Å²) in [5, 5.41) is 30.6. The summed E-state index contributed by atoms with van der Waals surface area (Å²) in [6.45, 7) is 0. The number of hydrogen-bond acceptors (Lipinski definition) is 4. The van der Waals surface area contributed by atoms with Crippen LogP contribution in [0.1, 0.15) is 0 Å². The normalized spacial score (nSPS) is 8.00. The van der Waals surface area contributed by atoms with Gasteiger partial charge in [-0.2, -0.15) is 0 Å². The Bertz CT molecular complexity index is 316. The molecule has 2 aromatic rings. The van der Waals surface area contributed by atoms with Gasteiger partial charge in [-0.25, -0.2) is 0 Å². The van der Waals surface area contributed by atoms with Crippen LogP contribution >= 0.6 is 0 Å². The van der Waals surface area contributed by atoms with Crippen molar-refractivity contribution < 1.29 is 20.1 Å². The van der Waals surface area contributed by atoms with E-state index < -0.39 is 0 Å². The van der Waals surface area contributed by atoms with Crippen molar-refractivity contribution in [1.82, 2.24) is 0 Å². The maximum atomic E-state index is 7.00. The summed E-state index contributed by atoms with van der Waals surface area (Å²) >= 11 is 0. The van der Waals surface area contributed by atoms with Gasteiger partial charge < -0.3 is 20.1 Å². The SMILES string of the molecule is O[B]O.O[B]O.c1ccc2ccccc2c1. The Kier molecular flexibility index (Phi) is 9.35. The molecular formula is C10H12B2O4. The fraction of sp³-hybridized carbons (Fsp3) is 0. The van der Waals surface area contributed by atoms with Crippen LogP contribution in [0.25, 0.3) is 10.8 Å². The average Bonchev–Trinajstić information content (AvgIpc) is 2.31. The van der Waals surface area contributed by atoms with E-state index in [0.717, 1.165) is 0 Å². The molecule has 0 amide bonds. The van der Waals surface area contributed by atoms with E-state index in [2.05, 4.69) is 48.5 Å². The molecule has 0 fully saturated rings. The van der Waals surface area contributed by atoms with E-state index in [1.54, 1.807) is 0 Å². The van der Waals surface area contributed by atoms with Crippen molar-refractivity contribution in [3.63, 3.8) is 0 Å². The van der Waals surface area contributed by atoms with E-state index >= 15 is 0 Å². The minimum atomic E-state index is 0. The van der Waals surface area contributed by atoms with Crippen LogP contribution in [-0.2, 0) is 0 Å². The third-order valence-electron chi connectivity index (χ3n) is 1.66. The molecule has 16 heavy (non-hydrogen) atoms. The molecule has 6 heteroatoms. The standard InChI is InChI=1S/C10H8.2BH2O2/c1-2-6-10-8-4-3-7-9(10)5-1;2*2-1-3/h1-8H;2*2-3H. The molecule has 82 valence electrons. The molecule has 0 aliphatic carbocycles. The van der Waals surface area contributed by atoms with Crippen molar-refractivity contribution in [2.75, 3.05) is 0 Å². The van der Waals surface area contributed by atoms with E-state index in [1.807, 2.05) is 0 Å². The van der Waals surface area contributed by atoms with Crippen molar-refractivity contribution in [2.45, 2.75) is 0 Å². The molecule has 2 radical (unpaired) electrons. The molecule has 2 aromatic carbocycles. The zero-order chi connectivity index (χ0) is 12.2. The van der Waals surface area contributed by atoms with Gasteiger partial charge in [0.2, 0.25) is 0 Å². The number of benzene rings is 2. The Hall–Kier alpha value is -1.33. The Balaban J connectivity index is 0.000000321. The maximum Gasteiger partial charge on any atom is 0.482 e. The summed E-state index contributed by atoms with van der Waals surface area (Å²) in [5.74, 6) is 0. The molecule has 0 saturated carbocycles. The highest BCUT2D eigenvalue weighted by molar-refractivity contribution is 6.13. The molecular weight excluding hydrogens is 206 g/mol. The monoisotopic (exact) mass is 218 g/mol. The molecule has 0 saturated heterocycles. The maximum absolute atomic E-state index is 7.00. The Morgan fingerprint density at radius 3 is 0.938 bits per heavy atom. The van der Waals surface area contributed by atoms with Gasteiger partial charge in [-0.3, -0.25) is 0 Å². The van der Waals surface area contributed by atoms with Crippen LogP contribution in [-0.4, -0.2) is 35.5 Å². The second-order valence-electron chi connectivity index (χ2n) is 2.58. The fourth-order valence-electron chi connectivity index (χ4n) is 1.13. The molecule has 0 aliphatic heterocycles. The van der Waals surface area contributed by atoms with Crippen molar-refractivity contribution in [3.05, 3.63) is 48.5 Å². The summed E-state index contributed by atoms with van der Waals surface area (Å²) in [4.78, 5) is 0. The Morgan fingerprint density at radius 2 is 0.750 bits per heavy atom. The van der Waals surface area contributed by atoms with Gasteiger partial charge in [0.15, 0.2) is 0 Å². The van der Waals surface area contributed by atoms with Crippen molar-refractivity contribution in [3.8, 4) is 0 Å². The van der Waals surface area contributed by atoms with Crippen LogP contribution in [0.3, 0.4) is 0 Å². The van der Waals surface area contributed by atoms with Gasteiger partial charge in [-0.15, -0.1) is 0 Å². The molecule has 0 unspecified atom stereocenters. The minimum absolute atomic E-state index is 0. The van der Waals surface area contributed by atoms with Gasteiger partial charge in [0.25, 0.3) is 0 Å². The van der Waals surface area contributed by atoms with Crippen molar-refractivity contribution >= 4 is 26.1 Å². The lowest BCUT2D eigenvalue weighted by molar-refractivity contribution is 0.447. The molecule has 0 heterocycles. The van der Waals surface area contributed by atoms with E-state index in [4.69, 9.17) is 20.1 Å². The highest BCUT2D eigenvalue weighted by Gasteiger charge is 1.85. The minimum Gasteiger partial charge on any atom is -0.429 e. The quantitative estimate of drug-likeness (QED) is 0.463. The molecule has 4 nitrogen and oxygen atoms in total.